The Hall–Kier alpha value is -3.16. The van der Waals surface area contributed by atoms with Crippen LogP contribution in [0.15, 0.2) is 42.5 Å². The monoisotopic (exact) mass is 368 g/mol. The third kappa shape index (κ3) is 3.42. The van der Waals surface area contributed by atoms with Gasteiger partial charge in [-0.15, -0.1) is 0 Å². The molecule has 2 heterocycles. The third-order valence-corrected chi connectivity index (χ3v) is 4.78. The van der Waals surface area contributed by atoms with Crippen LogP contribution < -0.4 is 14.5 Å². The Morgan fingerprint density at radius 1 is 0.963 bits per heavy atom. The van der Waals surface area contributed by atoms with E-state index in [0.717, 1.165) is 43.5 Å². The fourth-order valence-electron chi connectivity index (χ4n) is 3.29. The van der Waals surface area contributed by atoms with Crippen LogP contribution in [0.1, 0.15) is 5.56 Å². The number of nitrogens with zero attached hydrogens (tertiary/aromatic N) is 6. The van der Waals surface area contributed by atoms with Crippen molar-refractivity contribution in [3.8, 4) is 11.4 Å². The summed E-state index contributed by atoms with van der Waals surface area (Å²) < 4.78 is 20.5. The third-order valence-electron chi connectivity index (χ3n) is 4.78. The van der Waals surface area contributed by atoms with Crippen LogP contribution in [0.25, 0.3) is 5.69 Å². The zero-order valence-corrected chi connectivity index (χ0v) is 15.3. The first-order chi connectivity index (χ1) is 13.2. The number of tetrazole rings is 1. The van der Waals surface area contributed by atoms with Gasteiger partial charge in [-0.05, 0) is 41.6 Å². The van der Waals surface area contributed by atoms with Crippen molar-refractivity contribution < 1.29 is 9.13 Å². The van der Waals surface area contributed by atoms with Crippen LogP contribution in [0.3, 0.4) is 0 Å². The van der Waals surface area contributed by atoms with Crippen molar-refractivity contribution in [1.29, 1.82) is 0 Å². The molecule has 1 aromatic heterocycles. The largest absolute Gasteiger partial charge is 0.494 e. The number of ether oxygens (including phenoxy) is 1. The molecule has 1 saturated heterocycles. The minimum atomic E-state index is -0.300. The van der Waals surface area contributed by atoms with Crippen molar-refractivity contribution in [3.05, 3.63) is 53.8 Å². The van der Waals surface area contributed by atoms with Crippen LogP contribution in [0.4, 0.5) is 16.0 Å². The van der Waals surface area contributed by atoms with Gasteiger partial charge in [0.2, 0.25) is 5.95 Å². The molecule has 7 nitrogen and oxygen atoms in total. The Balaban J connectivity index is 1.51. The predicted octanol–water partition coefficient (Wildman–Crippen LogP) is 2.45. The van der Waals surface area contributed by atoms with E-state index in [4.69, 9.17) is 4.74 Å². The molecule has 0 radical (unpaired) electrons. The normalized spacial score (nSPS) is 14.5. The van der Waals surface area contributed by atoms with Crippen LogP contribution in [0.2, 0.25) is 0 Å². The number of rotatable bonds is 4. The maximum Gasteiger partial charge on any atom is 0.250 e. The first kappa shape index (κ1) is 17.3. The number of aryl methyl sites for hydroxylation is 1. The molecule has 0 saturated carbocycles. The van der Waals surface area contributed by atoms with Gasteiger partial charge in [0.05, 0.1) is 18.5 Å². The van der Waals surface area contributed by atoms with Crippen LogP contribution in [-0.2, 0) is 0 Å². The Morgan fingerprint density at radius 3 is 2.37 bits per heavy atom. The average Bonchev–Trinajstić information content (AvgIpc) is 3.18. The van der Waals surface area contributed by atoms with Gasteiger partial charge >= 0.3 is 0 Å². The van der Waals surface area contributed by atoms with Gasteiger partial charge in [-0.25, -0.2) is 4.39 Å². The van der Waals surface area contributed by atoms with E-state index in [1.807, 2.05) is 31.2 Å². The maximum atomic E-state index is 13.4. The lowest BCUT2D eigenvalue weighted by atomic mass is 10.2. The minimum Gasteiger partial charge on any atom is -0.494 e. The standard InChI is InChI=1S/C19H21FN6O/c1-14-3-6-16(7-4-14)26-19(21-22-23-26)25-11-9-24(10-12-25)17-8-5-15(20)13-18(17)27-2/h3-8,13H,9-12H2,1-2H3. The second kappa shape index (κ2) is 7.22. The molecule has 0 amide bonds. The van der Waals surface area contributed by atoms with Crippen molar-refractivity contribution >= 4 is 11.6 Å². The summed E-state index contributed by atoms with van der Waals surface area (Å²) >= 11 is 0. The van der Waals surface area contributed by atoms with Gasteiger partial charge in [0.1, 0.15) is 11.6 Å². The zero-order valence-electron chi connectivity index (χ0n) is 15.3. The molecule has 0 spiro atoms. The number of methoxy groups -OCH3 is 1. The first-order valence-corrected chi connectivity index (χ1v) is 8.84. The number of hydrogen-bond donors (Lipinski definition) is 0. The molecule has 2 aromatic carbocycles. The molecule has 0 N–H and O–H groups in total. The van der Waals surface area contributed by atoms with Gasteiger partial charge in [0.15, 0.2) is 0 Å². The van der Waals surface area contributed by atoms with E-state index in [2.05, 4.69) is 25.3 Å². The van der Waals surface area contributed by atoms with Crippen LogP contribution in [-0.4, -0.2) is 53.5 Å². The molecule has 8 heteroatoms. The van der Waals surface area contributed by atoms with Gasteiger partial charge < -0.3 is 14.5 Å². The number of piperazine rings is 1. The molecule has 27 heavy (non-hydrogen) atoms. The number of anilines is 2. The second-order valence-electron chi connectivity index (χ2n) is 6.52. The van der Waals surface area contributed by atoms with Crippen molar-refractivity contribution in [2.75, 3.05) is 43.1 Å². The lowest BCUT2D eigenvalue weighted by Crippen LogP contribution is -2.47. The Morgan fingerprint density at radius 2 is 1.67 bits per heavy atom. The minimum absolute atomic E-state index is 0.300. The lowest BCUT2D eigenvalue weighted by molar-refractivity contribution is 0.410. The fraction of sp³-hybridized carbons (Fsp3) is 0.316. The van der Waals surface area contributed by atoms with E-state index < -0.39 is 0 Å². The quantitative estimate of drug-likeness (QED) is 0.705. The van der Waals surface area contributed by atoms with Crippen LogP contribution in [0, 0.1) is 12.7 Å². The van der Waals surface area contributed by atoms with Crippen molar-refractivity contribution in [2.24, 2.45) is 0 Å². The van der Waals surface area contributed by atoms with Crippen molar-refractivity contribution in [3.63, 3.8) is 0 Å². The van der Waals surface area contributed by atoms with Crippen molar-refractivity contribution in [2.45, 2.75) is 6.92 Å². The molecule has 1 aliphatic heterocycles. The van der Waals surface area contributed by atoms with E-state index >= 15 is 0 Å². The fourth-order valence-corrected chi connectivity index (χ4v) is 3.29. The molecule has 3 aromatic rings. The molecule has 1 aliphatic rings. The Bertz CT molecular complexity index is 918. The molecule has 1 fully saturated rings. The van der Waals surface area contributed by atoms with Gasteiger partial charge in [-0.1, -0.05) is 22.8 Å². The van der Waals surface area contributed by atoms with Gasteiger partial charge in [0, 0.05) is 32.2 Å². The molecule has 0 aliphatic carbocycles. The molecular formula is C19H21FN6O. The van der Waals surface area contributed by atoms with E-state index in [1.54, 1.807) is 17.9 Å². The SMILES string of the molecule is COc1cc(F)ccc1N1CCN(c2nnnn2-c2ccc(C)cc2)CC1. The van der Waals surface area contributed by atoms with Crippen LogP contribution in [0.5, 0.6) is 5.75 Å². The topological polar surface area (TPSA) is 59.3 Å². The summed E-state index contributed by atoms with van der Waals surface area (Å²) in [6.07, 6.45) is 0. The summed E-state index contributed by atoms with van der Waals surface area (Å²) in [4.78, 5) is 4.35. The van der Waals surface area contributed by atoms with E-state index in [1.165, 1.54) is 17.7 Å². The first-order valence-electron chi connectivity index (χ1n) is 8.84. The van der Waals surface area contributed by atoms with Gasteiger partial charge in [-0.2, -0.15) is 4.68 Å². The van der Waals surface area contributed by atoms with Gasteiger partial charge in [0.25, 0.3) is 0 Å². The highest BCUT2D eigenvalue weighted by molar-refractivity contribution is 5.59. The molecule has 0 unspecified atom stereocenters. The zero-order chi connectivity index (χ0) is 18.8. The molecule has 0 bridgehead atoms. The smallest absolute Gasteiger partial charge is 0.250 e. The Labute approximate surface area is 157 Å². The summed E-state index contributed by atoms with van der Waals surface area (Å²) in [6.45, 7) is 5.10. The van der Waals surface area contributed by atoms with E-state index in [-0.39, 0.29) is 5.82 Å². The summed E-state index contributed by atoms with van der Waals surface area (Å²) in [6, 6.07) is 12.7. The molecule has 0 atom stereocenters. The van der Waals surface area contributed by atoms with Crippen molar-refractivity contribution in [1.82, 2.24) is 20.2 Å². The van der Waals surface area contributed by atoms with Gasteiger partial charge in [-0.3, -0.25) is 0 Å². The number of hydrogen-bond acceptors (Lipinski definition) is 6. The molecule has 4 rings (SSSR count). The summed E-state index contributed by atoms with van der Waals surface area (Å²) in [5, 5.41) is 12.2. The van der Waals surface area contributed by atoms with E-state index in [9.17, 15) is 4.39 Å². The Kier molecular flexibility index (Phi) is 4.62. The second-order valence-corrected chi connectivity index (χ2v) is 6.52. The number of benzene rings is 2. The summed E-state index contributed by atoms with van der Waals surface area (Å²) in [5.74, 6) is 0.976. The average molecular weight is 368 g/mol. The predicted molar refractivity (Wildman–Crippen MR) is 101 cm³/mol. The summed E-state index contributed by atoms with van der Waals surface area (Å²) in [7, 11) is 1.56. The maximum absolute atomic E-state index is 13.4. The molecular weight excluding hydrogens is 347 g/mol. The molecule has 140 valence electrons. The highest BCUT2D eigenvalue weighted by atomic mass is 19.1. The number of halogens is 1. The number of aromatic nitrogens is 4. The van der Waals surface area contributed by atoms with Crippen LogP contribution >= 0.6 is 0 Å². The van der Waals surface area contributed by atoms with E-state index in [0.29, 0.717) is 5.75 Å². The lowest BCUT2D eigenvalue weighted by Gasteiger charge is -2.36. The highest BCUT2D eigenvalue weighted by Gasteiger charge is 2.24. The summed E-state index contributed by atoms with van der Waals surface area (Å²) in [5.41, 5.74) is 3.02. The highest BCUT2D eigenvalue weighted by Crippen LogP contribution is 2.30.